The summed E-state index contributed by atoms with van der Waals surface area (Å²) in [5, 5.41) is 3.53. The first kappa shape index (κ1) is 12.0. The molecular weight excluding hydrogens is 176 g/mol. The molecule has 0 radical (unpaired) electrons. The summed E-state index contributed by atoms with van der Waals surface area (Å²) in [5.74, 6) is 0. The third kappa shape index (κ3) is 2.10. The van der Waals surface area contributed by atoms with Gasteiger partial charge in [0, 0.05) is 19.1 Å². The maximum absolute atomic E-state index is 5.32. The number of rotatable bonds is 6. The van der Waals surface area contributed by atoms with E-state index in [0.717, 1.165) is 13.2 Å². The second kappa shape index (κ2) is 4.17. The summed E-state index contributed by atoms with van der Waals surface area (Å²) in [7, 11) is 0. The van der Waals surface area contributed by atoms with Gasteiger partial charge in [-0.25, -0.2) is 0 Å². The Morgan fingerprint density at radius 1 is 1.14 bits per heavy atom. The SMILES string of the molecule is CC1(C)C(NCCOCCN)C1(C)C. The van der Waals surface area contributed by atoms with Crippen molar-refractivity contribution in [3.63, 3.8) is 0 Å². The first-order valence-electron chi connectivity index (χ1n) is 5.46. The van der Waals surface area contributed by atoms with Gasteiger partial charge in [0.05, 0.1) is 13.2 Å². The number of hydrogen-bond acceptors (Lipinski definition) is 3. The number of hydrogen-bond donors (Lipinski definition) is 2. The Labute approximate surface area is 87.4 Å². The summed E-state index contributed by atoms with van der Waals surface area (Å²) < 4.78 is 5.31. The van der Waals surface area contributed by atoms with Crippen LogP contribution in [0, 0.1) is 10.8 Å². The van der Waals surface area contributed by atoms with E-state index in [4.69, 9.17) is 10.5 Å². The molecule has 1 aliphatic rings. The van der Waals surface area contributed by atoms with Crippen molar-refractivity contribution in [3.8, 4) is 0 Å². The highest BCUT2D eigenvalue weighted by Gasteiger charge is 2.64. The summed E-state index contributed by atoms with van der Waals surface area (Å²) in [6.07, 6.45) is 0. The fourth-order valence-electron chi connectivity index (χ4n) is 2.17. The van der Waals surface area contributed by atoms with E-state index < -0.39 is 0 Å². The van der Waals surface area contributed by atoms with Crippen LogP contribution < -0.4 is 11.1 Å². The van der Waals surface area contributed by atoms with Gasteiger partial charge in [-0.15, -0.1) is 0 Å². The molecule has 0 heterocycles. The monoisotopic (exact) mass is 200 g/mol. The summed E-state index contributed by atoms with van der Waals surface area (Å²) in [6.45, 7) is 12.2. The normalized spacial score (nSPS) is 23.8. The van der Waals surface area contributed by atoms with E-state index in [2.05, 4.69) is 33.0 Å². The average molecular weight is 200 g/mol. The first-order valence-corrected chi connectivity index (χ1v) is 5.46. The molecule has 84 valence electrons. The lowest BCUT2D eigenvalue weighted by atomic mass is 10.0. The van der Waals surface area contributed by atoms with Gasteiger partial charge in [-0.3, -0.25) is 0 Å². The molecule has 1 rings (SSSR count). The van der Waals surface area contributed by atoms with Gasteiger partial charge in [-0.2, -0.15) is 0 Å². The largest absolute Gasteiger partial charge is 0.379 e. The topological polar surface area (TPSA) is 47.3 Å². The summed E-state index contributed by atoms with van der Waals surface area (Å²) >= 11 is 0. The average Bonchev–Trinajstić information content (AvgIpc) is 2.46. The number of nitrogens with one attached hydrogen (secondary N) is 1. The van der Waals surface area contributed by atoms with Gasteiger partial charge in [0.15, 0.2) is 0 Å². The lowest BCUT2D eigenvalue weighted by Crippen LogP contribution is -2.27. The standard InChI is InChI=1S/C11H24N2O/c1-10(2)9(11(10,3)4)13-6-8-14-7-5-12/h9,13H,5-8,12H2,1-4H3. The molecule has 0 saturated heterocycles. The van der Waals surface area contributed by atoms with E-state index in [0.29, 0.717) is 30.0 Å². The van der Waals surface area contributed by atoms with Crippen molar-refractivity contribution in [2.45, 2.75) is 33.7 Å². The second-order valence-corrected chi connectivity index (χ2v) is 5.23. The molecule has 0 aromatic heterocycles. The zero-order valence-electron chi connectivity index (χ0n) is 9.89. The highest BCUT2D eigenvalue weighted by molar-refractivity contribution is 5.17. The predicted octanol–water partition coefficient (Wildman–Crippen LogP) is 0.986. The van der Waals surface area contributed by atoms with Crippen LogP contribution in [-0.4, -0.2) is 32.3 Å². The van der Waals surface area contributed by atoms with Crippen LogP contribution in [0.3, 0.4) is 0 Å². The van der Waals surface area contributed by atoms with Gasteiger partial charge < -0.3 is 15.8 Å². The Bertz CT molecular complexity index is 176. The number of nitrogens with two attached hydrogens (primary N) is 1. The maximum Gasteiger partial charge on any atom is 0.0591 e. The Hall–Kier alpha value is -0.120. The zero-order valence-corrected chi connectivity index (χ0v) is 9.89. The second-order valence-electron chi connectivity index (χ2n) is 5.23. The van der Waals surface area contributed by atoms with Crippen LogP contribution in [0.25, 0.3) is 0 Å². The van der Waals surface area contributed by atoms with Gasteiger partial charge in [-0.05, 0) is 10.8 Å². The van der Waals surface area contributed by atoms with Crippen molar-refractivity contribution in [3.05, 3.63) is 0 Å². The molecule has 0 bridgehead atoms. The molecule has 0 aliphatic heterocycles. The highest BCUT2D eigenvalue weighted by atomic mass is 16.5. The van der Waals surface area contributed by atoms with Crippen LogP contribution in [0.15, 0.2) is 0 Å². The lowest BCUT2D eigenvalue weighted by Gasteiger charge is -2.06. The fraction of sp³-hybridized carbons (Fsp3) is 1.00. The van der Waals surface area contributed by atoms with Crippen LogP contribution in [-0.2, 0) is 4.74 Å². The molecule has 3 heteroatoms. The van der Waals surface area contributed by atoms with Crippen molar-refractivity contribution in [1.82, 2.24) is 5.32 Å². The highest BCUT2D eigenvalue weighted by Crippen LogP contribution is 2.62. The minimum absolute atomic E-state index is 0.418. The molecule has 1 fully saturated rings. The molecule has 0 atom stereocenters. The van der Waals surface area contributed by atoms with Gasteiger partial charge >= 0.3 is 0 Å². The predicted molar refractivity (Wildman–Crippen MR) is 59.2 cm³/mol. The van der Waals surface area contributed by atoms with Crippen LogP contribution in [0.5, 0.6) is 0 Å². The molecule has 3 N–H and O–H groups in total. The molecule has 0 spiro atoms. The Kier molecular flexibility index (Phi) is 3.56. The Morgan fingerprint density at radius 3 is 2.14 bits per heavy atom. The summed E-state index contributed by atoms with van der Waals surface area (Å²) in [5.41, 5.74) is 6.16. The fourth-order valence-corrected chi connectivity index (χ4v) is 2.17. The van der Waals surface area contributed by atoms with E-state index >= 15 is 0 Å². The van der Waals surface area contributed by atoms with E-state index in [-0.39, 0.29) is 0 Å². The van der Waals surface area contributed by atoms with E-state index in [1.807, 2.05) is 0 Å². The minimum Gasteiger partial charge on any atom is -0.379 e. The molecule has 1 aliphatic carbocycles. The van der Waals surface area contributed by atoms with E-state index in [9.17, 15) is 0 Å². The lowest BCUT2D eigenvalue weighted by molar-refractivity contribution is 0.142. The van der Waals surface area contributed by atoms with Crippen LogP contribution in [0.1, 0.15) is 27.7 Å². The quantitative estimate of drug-likeness (QED) is 0.628. The Morgan fingerprint density at radius 2 is 1.71 bits per heavy atom. The van der Waals surface area contributed by atoms with Crippen molar-refractivity contribution in [1.29, 1.82) is 0 Å². The van der Waals surface area contributed by atoms with Crippen LogP contribution in [0.2, 0.25) is 0 Å². The van der Waals surface area contributed by atoms with Gasteiger partial charge in [0.1, 0.15) is 0 Å². The molecule has 0 aromatic rings. The summed E-state index contributed by atoms with van der Waals surface area (Å²) in [4.78, 5) is 0. The summed E-state index contributed by atoms with van der Waals surface area (Å²) in [6, 6.07) is 0.622. The molecule has 1 saturated carbocycles. The molecule has 14 heavy (non-hydrogen) atoms. The third-order valence-corrected chi connectivity index (χ3v) is 3.88. The van der Waals surface area contributed by atoms with Crippen molar-refractivity contribution < 1.29 is 4.74 Å². The van der Waals surface area contributed by atoms with E-state index in [1.54, 1.807) is 0 Å². The molecular formula is C11H24N2O. The van der Waals surface area contributed by atoms with Crippen molar-refractivity contribution in [2.75, 3.05) is 26.3 Å². The number of ether oxygens (including phenoxy) is 1. The molecule has 3 nitrogen and oxygen atoms in total. The van der Waals surface area contributed by atoms with Crippen molar-refractivity contribution >= 4 is 0 Å². The molecule has 0 aromatic carbocycles. The van der Waals surface area contributed by atoms with Crippen LogP contribution in [0.4, 0.5) is 0 Å². The maximum atomic E-state index is 5.32. The molecule has 0 amide bonds. The Balaban J connectivity index is 2.10. The van der Waals surface area contributed by atoms with Gasteiger partial charge in [0.25, 0.3) is 0 Å². The van der Waals surface area contributed by atoms with Gasteiger partial charge in [0.2, 0.25) is 0 Å². The van der Waals surface area contributed by atoms with Crippen molar-refractivity contribution in [2.24, 2.45) is 16.6 Å². The third-order valence-electron chi connectivity index (χ3n) is 3.88. The van der Waals surface area contributed by atoms with Gasteiger partial charge in [-0.1, -0.05) is 27.7 Å². The smallest absolute Gasteiger partial charge is 0.0591 e. The first-order chi connectivity index (χ1) is 6.44. The van der Waals surface area contributed by atoms with Crippen LogP contribution >= 0.6 is 0 Å². The van der Waals surface area contributed by atoms with E-state index in [1.165, 1.54) is 0 Å². The minimum atomic E-state index is 0.418. The zero-order chi connectivity index (χ0) is 10.8. The molecule has 0 unspecified atom stereocenters.